The molecule has 1 aliphatic heterocycles. The number of hydrogen-bond acceptors (Lipinski definition) is 4. The lowest BCUT2D eigenvalue weighted by atomic mass is 9.93. The van der Waals surface area contributed by atoms with Gasteiger partial charge in [0.15, 0.2) is 11.6 Å². The molecule has 1 saturated heterocycles. The molecule has 5 nitrogen and oxygen atoms in total. The number of halogens is 3. The summed E-state index contributed by atoms with van der Waals surface area (Å²) >= 11 is 6.11. The van der Waals surface area contributed by atoms with Crippen LogP contribution in [0, 0.1) is 17.6 Å². The van der Waals surface area contributed by atoms with E-state index in [1.807, 2.05) is 12.1 Å². The minimum Gasteiger partial charge on any atom is -0.489 e. The van der Waals surface area contributed by atoms with Crippen molar-refractivity contribution >= 4 is 17.5 Å². The first-order chi connectivity index (χ1) is 16.5. The van der Waals surface area contributed by atoms with Crippen molar-refractivity contribution in [3.63, 3.8) is 0 Å². The average molecular weight is 486 g/mol. The second kappa shape index (κ2) is 11.4. The number of hydrogen-bond donors (Lipinski definition) is 1. The molecular formula is C26H26ClF2N3O2. The SMILES string of the molecule is O=C(C1CCNCC1)N(CCOc1ccccc1F)C(c1ccc(Cl)cc1)c1ccc(F)cn1. The highest BCUT2D eigenvalue weighted by Crippen LogP contribution is 2.31. The van der Waals surface area contributed by atoms with E-state index in [9.17, 15) is 13.6 Å². The number of benzene rings is 2. The third-order valence-electron chi connectivity index (χ3n) is 5.93. The molecule has 2 heterocycles. The number of carbonyl (C=O) groups excluding carboxylic acids is 1. The Bertz CT molecular complexity index is 1040. The number of rotatable bonds is 8. The van der Waals surface area contributed by atoms with Gasteiger partial charge in [-0.05, 0) is 67.9 Å². The van der Waals surface area contributed by atoms with Gasteiger partial charge in [-0.1, -0.05) is 35.9 Å². The van der Waals surface area contributed by atoms with E-state index in [2.05, 4.69) is 10.3 Å². The van der Waals surface area contributed by atoms with Gasteiger partial charge in [-0.2, -0.15) is 0 Å². The molecule has 1 atom stereocenters. The van der Waals surface area contributed by atoms with Gasteiger partial charge in [0.2, 0.25) is 5.91 Å². The molecule has 1 unspecified atom stereocenters. The number of aromatic nitrogens is 1. The van der Waals surface area contributed by atoms with Crippen LogP contribution in [-0.2, 0) is 4.79 Å². The highest BCUT2D eigenvalue weighted by molar-refractivity contribution is 6.30. The Hall–Kier alpha value is -3.03. The maximum absolute atomic E-state index is 14.1. The zero-order valence-corrected chi connectivity index (χ0v) is 19.3. The van der Waals surface area contributed by atoms with Crippen LogP contribution in [0.2, 0.25) is 5.02 Å². The first-order valence-corrected chi connectivity index (χ1v) is 11.7. The molecule has 0 spiro atoms. The van der Waals surface area contributed by atoms with Crippen LogP contribution >= 0.6 is 11.6 Å². The average Bonchev–Trinajstić information content (AvgIpc) is 2.86. The Morgan fingerprint density at radius 1 is 1.09 bits per heavy atom. The second-order valence-electron chi connectivity index (χ2n) is 8.19. The molecule has 4 rings (SSSR count). The van der Waals surface area contributed by atoms with Crippen molar-refractivity contribution in [3.05, 3.63) is 94.8 Å². The van der Waals surface area contributed by atoms with Crippen molar-refractivity contribution in [2.75, 3.05) is 26.2 Å². The van der Waals surface area contributed by atoms with Gasteiger partial charge in [-0.15, -0.1) is 0 Å². The van der Waals surface area contributed by atoms with Gasteiger partial charge in [-0.25, -0.2) is 8.78 Å². The summed E-state index contributed by atoms with van der Waals surface area (Å²) in [6, 6.07) is 15.6. The molecule has 2 aromatic carbocycles. The topological polar surface area (TPSA) is 54.5 Å². The van der Waals surface area contributed by atoms with Crippen molar-refractivity contribution in [1.29, 1.82) is 0 Å². The van der Waals surface area contributed by atoms with E-state index in [1.165, 1.54) is 12.1 Å². The maximum atomic E-state index is 14.1. The molecule has 1 N–H and O–H groups in total. The summed E-state index contributed by atoms with van der Waals surface area (Å²) in [5.74, 6) is -1.000. The lowest BCUT2D eigenvalue weighted by molar-refractivity contribution is -0.138. The Kier molecular flexibility index (Phi) is 8.08. The van der Waals surface area contributed by atoms with E-state index in [0.717, 1.165) is 24.8 Å². The molecular weight excluding hydrogens is 460 g/mol. The molecule has 0 aliphatic carbocycles. The fourth-order valence-electron chi connectivity index (χ4n) is 4.19. The van der Waals surface area contributed by atoms with E-state index in [4.69, 9.17) is 16.3 Å². The van der Waals surface area contributed by atoms with Gasteiger partial charge >= 0.3 is 0 Å². The number of piperidine rings is 1. The molecule has 1 aliphatic rings. The van der Waals surface area contributed by atoms with E-state index >= 15 is 0 Å². The Morgan fingerprint density at radius 3 is 2.50 bits per heavy atom. The number of ether oxygens (including phenoxy) is 1. The number of para-hydroxylation sites is 1. The highest BCUT2D eigenvalue weighted by atomic mass is 35.5. The van der Waals surface area contributed by atoms with Crippen LogP contribution in [0.3, 0.4) is 0 Å². The Balaban J connectivity index is 1.67. The maximum Gasteiger partial charge on any atom is 0.226 e. The van der Waals surface area contributed by atoms with Crippen LogP contribution in [0.5, 0.6) is 5.75 Å². The fourth-order valence-corrected chi connectivity index (χ4v) is 4.32. The molecule has 0 bridgehead atoms. The Morgan fingerprint density at radius 2 is 1.82 bits per heavy atom. The van der Waals surface area contributed by atoms with Crippen molar-refractivity contribution in [3.8, 4) is 5.75 Å². The van der Waals surface area contributed by atoms with Gasteiger partial charge in [0.05, 0.1) is 24.5 Å². The van der Waals surface area contributed by atoms with E-state index in [0.29, 0.717) is 23.6 Å². The molecule has 0 radical (unpaired) electrons. The fraction of sp³-hybridized carbons (Fsp3) is 0.308. The number of carbonyl (C=O) groups is 1. The third kappa shape index (κ3) is 5.90. The monoisotopic (exact) mass is 485 g/mol. The molecule has 1 fully saturated rings. The van der Waals surface area contributed by atoms with Gasteiger partial charge in [0.1, 0.15) is 12.4 Å². The second-order valence-corrected chi connectivity index (χ2v) is 8.63. The normalized spacial score (nSPS) is 15.0. The smallest absolute Gasteiger partial charge is 0.226 e. The van der Waals surface area contributed by atoms with Crippen LogP contribution in [0.4, 0.5) is 8.78 Å². The summed E-state index contributed by atoms with van der Waals surface area (Å²) in [6.07, 6.45) is 2.57. The minimum absolute atomic E-state index is 0.0373. The van der Waals surface area contributed by atoms with Crippen molar-refractivity contribution < 1.29 is 18.3 Å². The Labute approximate surface area is 202 Å². The molecule has 1 amide bonds. The van der Waals surface area contributed by atoms with E-state index in [-0.39, 0.29) is 30.7 Å². The van der Waals surface area contributed by atoms with Gasteiger partial charge in [-0.3, -0.25) is 9.78 Å². The lowest BCUT2D eigenvalue weighted by Gasteiger charge is -2.35. The molecule has 0 saturated carbocycles. The number of amides is 1. The summed E-state index contributed by atoms with van der Waals surface area (Å²) in [4.78, 5) is 19.8. The van der Waals surface area contributed by atoms with E-state index in [1.54, 1.807) is 41.3 Å². The van der Waals surface area contributed by atoms with Crippen LogP contribution in [0.25, 0.3) is 0 Å². The van der Waals surface area contributed by atoms with Gasteiger partial charge in [0.25, 0.3) is 0 Å². The molecule has 3 aromatic rings. The highest BCUT2D eigenvalue weighted by Gasteiger charge is 2.33. The van der Waals surface area contributed by atoms with Gasteiger partial charge in [0, 0.05) is 10.9 Å². The molecule has 178 valence electrons. The standard InChI is InChI=1S/C26H26ClF2N3O2/c27-20-7-5-18(6-8-20)25(23-10-9-21(28)17-31-23)32(26(33)19-11-13-30-14-12-19)15-16-34-24-4-2-1-3-22(24)29/h1-10,17,19,25,30H,11-16H2. The van der Waals surface area contributed by atoms with Crippen LogP contribution < -0.4 is 10.1 Å². The first-order valence-electron chi connectivity index (χ1n) is 11.3. The number of nitrogens with zero attached hydrogens (tertiary/aromatic N) is 2. The van der Waals surface area contributed by atoms with Crippen LogP contribution in [0.15, 0.2) is 66.9 Å². The summed E-state index contributed by atoms with van der Waals surface area (Å²) < 4.78 is 33.4. The number of pyridine rings is 1. The molecule has 1 aromatic heterocycles. The van der Waals surface area contributed by atoms with Crippen LogP contribution in [0.1, 0.15) is 30.1 Å². The molecule has 8 heteroatoms. The van der Waals surface area contributed by atoms with Crippen LogP contribution in [-0.4, -0.2) is 42.0 Å². The zero-order valence-electron chi connectivity index (χ0n) is 18.6. The summed E-state index contributed by atoms with van der Waals surface area (Å²) in [6.45, 7) is 1.80. The largest absolute Gasteiger partial charge is 0.489 e. The molecule has 34 heavy (non-hydrogen) atoms. The van der Waals surface area contributed by atoms with Crippen molar-refractivity contribution in [2.24, 2.45) is 5.92 Å². The van der Waals surface area contributed by atoms with E-state index < -0.39 is 17.7 Å². The van der Waals surface area contributed by atoms with Crippen molar-refractivity contribution in [1.82, 2.24) is 15.2 Å². The zero-order chi connectivity index (χ0) is 23.9. The third-order valence-corrected chi connectivity index (χ3v) is 6.18. The minimum atomic E-state index is -0.579. The predicted octanol–water partition coefficient (Wildman–Crippen LogP) is 5.01. The summed E-state index contributed by atoms with van der Waals surface area (Å²) in [7, 11) is 0. The van der Waals surface area contributed by atoms with Crippen molar-refractivity contribution in [2.45, 2.75) is 18.9 Å². The summed E-state index contributed by atoms with van der Waals surface area (Å²) in [5.41, 5.74) is 1.31. The first kappa shape index (κ1) is 24.1. The quantitative estimate of drug-likeness (QED) is 0.487. The predicted molar refractivity (Wildman–Crippen MR) is 127 cm³/mol. The number of nitrogens with one attached hydrogen (secondary N) is 1. The van der Waals surface area contributed by atoms with Gasteiger partial charge < -0.3 is 15.0 Å². The summed E-state index contributed by atoms with van der Waals surface area (Å²) in [5, 5.41) is 3.84. The lowest BCUT2D eigenvalue weighted by Crippen LogP contribution is -2.45.